The zero-order valence-corrected chi connectivity index (χ0v) is 9.09. The first-order valence-electron chi connectivity index (χ1n) is 4.58. The fourth-order valence-corrected chi connectivity index (χ4v) is 1.40. The molecule has 1 rings (SSSR count). The highest BCUT2D eigenvalue weighted by Gasteiger charge is 2.31. The highest BCUT2D eigenvalue weighted by atomic mass is 19.3. The average Bonchev–Trinajstić information content (AvgIpc) is 2.26. The smallest absolute Gasteiger partial charge is 0.308 e. The van der Waals surface area contributed by atoms with Crippen LogP contribution in [0.15, 0.2) is 6.20 Å². The molecule has 0 saturated carbocycles. The molecule has 0 amide bonds. The van der Waals surface area contributed by atoms with Crippen molar-refractivity contribution in [3.8, 4) is 5.75 Å². The van der Waals surface area contributed by atoms with E-state index in [0.717, 1.165) is 13.3 Å². The van der Waals surface area contributed by atoms with Crippen LogP contribution in [-0.4, -0.2) is 28.1 Å². The fourth-order valence-electron chi connectivity index (χ4n) is 1.40. The van der Waals surface area contributed by atoms with Gasteiger partial charge in [-0.15, -0.1) is 0 Å². The number of alkyl halides is 2. The number of pyridine rings is 1. The summed E-state index contributed by atoms with van der Waals surface area (Å²) < 4.78 is 29.9. The molecule has 98 valence electrons. The van der Waals surface area contributed by atoms with E-state index in [1.165, 1.54) is 0 Å². The summed E-state index contributed by atoms with van der Waals surface area (Å²) in [6, 6.07) is 0. The van der Waals surface area contributed by atoms with Gasteiger partial charge >= 0.3 is 11.7 Å². The minimum atomic E-state index is -3.18. The number of methoxy groups -OCH3 is 1. The summed E-state index contributed by atoms with van der Waals surface area (Å²) in [4.78, 5) is 23.5. The Kier molecular flexibility index (Phi) is 4.08. The molecule has 0 bridgehead atoms. The maximum atomic E-state index is 12.6. The molecule has 0 aromatic carbocycles. The van der Waals surface area contributed by atoms with Crippen LogP contribution in [0, 0.1) is 10.1 Å². The molecular formula is C9H8F2N2O5. The molecule has 0 aliphatic rings. The third kappa shape index (κ3) is 2.67. The summed E-state index contributed by atoms with van der Waals surface area (Å²) in [5.41, 5.74) is -2.52. The van der Waals surface area contributed by atoms with E-state index in [1.807, 2.05) is 0 Å². The highest BCUT2D eigenvalue weighted by molar-refractivity contribution is 5.74. The minimum absolute atomic E-state index is 0.214. The number of nitro groups is 1. The molecule has 0 aliphatic carbocycles. The van der Waals surface area contributed by atoms with Gasteiger partial charge in [0.15, 0.2) is 5.69 Å². The lowest BCUT2D eigenvalue weighted by atomic mass is 10.1. The third-order valence-electron chi connectivity index (χ3n) is 2.08. The van der Waals surface area contributed by atoms with Crippen LogP contribution in [0.1, 0.15) is 17.7 Å². The van der Waals surface area contributed by atoms with Gasteiger partial charge in [0.1, 0.15) is 5.75 Å². The van der Waals surface area contributed by atoms with Gasteiger partial charge in [0.2, 0.25) is 0 Å². The molecule has 0 aliphatic heterocycles. The SMILES string of the molecule is COc1cnc(C(F)F)c([N+](=O)[O-])c1CC(=O)O. The van der Waals surface area contributed by atoms with Crippen molar-refractivity contribution in [3.63, 3.8) is 0 Å². The topological polar surface area (TPSA) is 103 Å². The monoisotopic (exact) mass is 262 g/mol. The summed E-state index contributed by atoms with van der Waals surface area (Å²) in [5.74, 6) is -1.61. The number of nitrogens with zero attached hydrogens (tertiary/aromatic N) is 2. The number of aliphatic carboxylic acids is 1. The van der Waals surface area contributed by atoms with Crippen LogP contribution in [-0.2, 0) is 11.2 Å². The molecule has 0 spiro atoms. The number of hydrogen-bond acceptors (Lipinski definition) is 5. The number of rotatable bonds is 5. The highest BCUT2D eigenvalue weighted by Crippen LogP contribution is 2.35. The van der Waals surface area contributed by atoms with Crippen molar-refractivity contribution in [3.05, 3.63) is 27.6 Å². The van der Waals surface area contributed by atoms with Crippen molar-refractivity contribution in [1.29, 1.82) is 0 Å². The van der Waals surface area contributed by atoms with Crippen LogP contribution in [0.5, 0.6) is 5.75 Å². The van der Waals surface area contributed by atoms with Crippen molar-refractivity contribution in [2.24, 2.45) is 0 Å². The van der Waals surface area contributed by atoms with E-state index >= 15 is 0 Å². The summed E-state index contributed by atoms with van der Waals surface area (Å²) in [6.07, 6.45) is -3.14. The van der Waals surface area contributed by atoms with Gasteiger partial charge in [-0.25, -0.2) is 13.8 Å². The molecule has 0 atom stereocenters. The van der Waals surface area contributed by atoms with Gasteiger partial charge in [-0.3, -0.25) is 14.9 Å². The first kappa shape index (κ1) is 13.7. The first-order chi connectivity index (χ1) is 8.38. The number of carboxylic acid groups (broad SMARTS) is 1. The normalized spacial score (nSPS) is 10.4. The van der Waals surface area contributed by atoms with Crippen molar-refractivity contribution >= 4 is 11.7 Å². The van der Waals surface area contributed by atoms with Crippen molar-refractivity contribution in [2.45, 2.75) is 12.8 Å². The molecule has 18 heavy (non-hydrogen) atoms. The van der Waals surface area contributed by atoms with Crippen LogP contribution in [0.3, 0.4) is 0 Å². The molecule has 1 aromatic rings. The maximum absolute atomic E-state index is 12.6. The second-order valence-electron chi connectivity index (χ2n) is 3.17. The lowest BCUT2D eigenvalue weighted by molar-refractivity contribution is -0.387. The van der Waals surface area contributed by atoms with E-state index in [2.05, 4.69) is 4.98 Å². The number of aromatic nitrogens is 1. The number of halogens is 2. The molecule has 1 N–H and O–H groups in total. The molecule has 0 fully saturated rings. The molecule has 0 saturated heterocycles. The summed E-state index contributed by atoms with van der Waals surface area (Å²) in [5, 5.41) is 19.4. The van der Waals surface area contributed by atoms with E-state index in [4.69, 9.17) is 9.84 Å². The zero-order valence-electron chi connectivity index (χ0n) is 9.09. The Hall–Kier alpha value is -2.32. The quantitative estimate of drug-likeness (QED) is 0.638. The molecule has 1 aromatic heterocycles. The predicted octanol–water partition coefficient (Wildman–Crippen LogP) is 1.56. The van der Waals surface area contributed by atoms with Crippen molar-refractivity contribution in [2.75, 3.05) is 7.11 Å². The van der Waals surface area contributed by atoms with E-state index in [0.29, 0.717) is 0 Å². The summed E-state index contributed by atoms with van der Waals surface area (Å²) in [7, 11) is 1.13. The Balaban J connectivity index is 3.53. The minimum Gasteiger partial charge on any atom is -0.495 e. The summed E-state index contributed by atoms with van der Waals surface area (Å²) in [6.45, 7) is 0. The lowest BCUT2D eigenvalue weighted by Gasteiger charge is -2.09. The van der Waals surface area contributed by atoms with Gasteiger partial charge in [-0.05, 0) is 0 Å². The van der Waals surface area contributed by atoms with Crippen LogP contribution in [0.2, 0.25) is 0 Å². The fraction of sp³-hybridized carbons (Fsp3) is 0.333. The molecular weight excluding hydrogens is 254 g/mol. The Bertz CT molecular complexity index is 492. The third-order valence-corrected chi connectivity index (χ3v) is 2.08. The second kappa shape index (κ2) is 5.34. The molecule has 0 radical (unpaired) electrons. The van der Waals surface area contributed by atoms with Crippen LogP contribution < -0.4 is 4.74 Å². The predicted molar refractivity (Wildman–Crippen MR) is 53.7 cm³/mol. The van der Waals surface area contributed by atoms with Gasteiger partial charge in [-0.1, -0.05) is 0 Å². The van der Waals surface area contributed by atoms with Crippen LogP contribution >= 0.6 is 0 Å². The Labute approximate surface area is 99.2 Å². The van der Waals surface area contributed by atoms with Gasteiger partial charge in [0.05, 0.1) is 30.2 Å². The first-order valence-corrected chi connectivity index (χ1v) is 4.58. The van der Waals surface area contributed by atoms with Crippen molar-refractivity contribution < 1.29 is 28.3 Å². The molecule has 9 heteroatoms. The molecule has 0 unspecified atom stereocenters. The largest absolute Gasteiger partial charge is 0.495 e. The maximum Gasteiger partial charge on any atom is 0.308 e. The lowest BCUT2D eigenvalue weighted by Crippen LogP contribution is -2.10. The van der Waals surface area contributed by atoms with Crippen LogP contribution in [0.25, 0.3) is 0 Å². The Morgan fingerprint density at radius 1 is 1.67 bits per heavy atom. The Morgan fingerprint density at radius 2 is 2.28 bits per heavy atom. The van der Waals surface area contributed by atoms with E-state index in [9.17, 15) is 23.7 Å². The standard InChI is InChI=1S/C9H8F2N2O5/c1-18-5-3-12-7(9(10)11)8(13(16)17)4(5)2-6(14)15/h3,9H,2H2,1H3,(H,14,15). The van der Waals surface area contributed by atoms with Gasteiger partial charge in [0.25, 0.3) is 6.43 Å². The van der Waals surface area contributed by atoms with Crippen LogP contribution in [0.4, 0.5) is 14.5 Å². The molecule has 1 heterocycles. The number of carboxylic acids is 1. The number of ether oxygens (including phenoxy) is 1. The van der Waals surface area contributed by atoms with E-state index in [1.54, 1.807) is 0 Å². The average molecular weight is 262 g/mol. The van der Waals surface area contributed by atoms with Gasteiger partial charge < -0.3 is 9.84 Å². The van der Waals surface area contributed by atoms with Crippen molar-refractivity contribution in [1.82, 2.24) is 4.98 Å². The van der Waals surface area contributed by atoms with E-state index < -0.39 is 40.7 Å². The molecule has 7 nitrogen and oxygen atoms in total. The summed E-state index contributed by atoms with van der Waals surface area (Å²) >= 11 is 0. The second-order valence-corrected chi connectivity index (χ2v) is 3.17. The van der Waals surface area contributed by atoms with E-state index in [-0.39, 0.29) is 5.75 Å². The van der Waals surface area contributed by atoms with Gasteiger partial charge in [0, 0.05) is 0 Å². The zero-order chi connectivity index (χ0) is 13.9. The number of carbonyl (C=O) groups is 1. The Morgan fingerprint density at radius 3 is 2.67 bits per heavy atom. The number of hydrogen-bond donors (Lipinski definition) is 1. The van der Waals surface area contributed by atoms with Gasteiger partial charge in [-0.2, -0.15) is 0 Å².